The molecule has 0 aliphatic rings. The van der Waals surface area contributed by atoms with Crippen molar-refractivity contribution >= 4 is 37.5 Å². The Hall–Kier alpha value is -2.64. The molecule has 1 amide bonds. The molecule has 3 rings (SSSR count). The van der Waals surface area contributed by atoms with Gasteiger partial charge in [0.15, 0.2) is 6.61 Å². The maximum atomic E-state index is 13.4. The maximum absolute atomic E-state index is 13.4. The SMILES string of the molecule is Cc1ccc(N(C(=O)COc2c(C)cc(Br)cc2C)S(=O)(=O)c2ccc(C)cc2)cc1. The summed E-state index contributed by atoms with van der Waals surface area (Å²) in [6.45, 7) is 7.10. The quantitative estimate of drug-likeness (QED) is 0.448. The number of aryl methyl sites for hydroxylation is 4. The van der Waals surface area contributed by atoms with Gasteiger partial charge in [0.1, 0.15) is 5.75 Å². The number of hydrogen-bond acceptors (Lipinski definition) is 4. The Balaban J connectivity index is 1.97. The maximum Gasteiger partial charge on any atom is 0.278 e. The second kappa shape index (κ2) is 9.24. The predicted molar refractivity (Wildman–Crippen MR) is 126 cm³/mol. The molecule has 0 saturated heterocycles. The topological polar surface area (TPSA) is 63.7 Å². The lowest BCUT2D eigenvalue weighted by Crippen LogP contribution is -2.40. The van der Waals surface area contributed by atoms with E-state index >= 15 is 0 Å². The first kappa shape index (κ1) is 23.0. The molecule has 0 atom stereocenters. The smallest absolute Gasteiger partial charge is 0.278 e. The summed E-state index contributed by atoms with van der Waals surface area (Å²) in [4.78, 5) is 13.2. The summed E-state index contributed by atoms with van der Waals surface area (Å²) in [5, 5.41) is 0. The van der Waals surface area contributed by atoms with Crippen LogP contribution >= 0.6 is 15.9 Å². The van der Waals surface area contributed by atoms with Crippen LogP contribution in [0, 0.1) is 27.7 Å². The van der Waals surface area contributed by atoms with Crippen LogP contribution in [0.2, 0.25) is 0 Å². The first-order valence-electron chi connectivity index (χ1n) is 9.70. The molecule has 0 N–H and O–H groups in total. The Morgan fingerprint density at radius 3 is 1.87 bits per heavy atom. The molecule has 3 aromatic rings. The molecule has 0 radical (unpaired) electrons. The molecule has 0 aromatic heterocycles. The predicted octanol–water partition coefficient (Wildman–Crippen LogP) is 5.48. The van der Waals surface area contributed by atoms with Gasteiger partial charge < -0.3 is 4.74 Å². The van der Waals surface area contributed by atoms with Gasteiger partial charge >= 0.3 is 0 Å². The van der Waals surface area contributed by atoms with Gasteiger partial charge in [-0.25, -0.2) is 8.42 Å². The van der Waals surface area contributed by atoms with Crippen LogP contribution < -0.4 is 9.04 Å². The number of nitrogens with zero attached hydrogens (tertiary/aromatic N) is 1. The minimum absolute atomic E-state index is 0.0445. The van der Waals surface area contributed by atoms with Crippen LogP contribution in [0.15, 0.2) is 70.0 Å². The van der Waals surface area contributed by atoms with Crippen molar-refractivity contribution in [2.24, 2.45) is 0 Å². The Kier molecular flexibility index (Phi) is 6.86. The molecule has 0 aliphatic heterocycles. The Morgan fingerprint density at radius 2 is 1.35 bits per heavy atom. The van der Waals surface area contributed by atoms with Crippen molar-refractivity contribution in [3.05, 3.63) is 87.4 Å². The minimum Gasteiger partial charge on any atom is -0.483 e. The number of anilines is 1. The monoisotopic (exact) mass is 501 g/mol. The molecule has 0 fully saturated rings. The highest BCUT2D eigenvalue weighted by molar-refractivity contribution is 9.10. The number of hydrogen-bond donors (Lipinski definition) is 0. The zero-order valence-corrected chi connectivity index (χ0v) is 20.2. The molecule has 7 heteroatoms. The summed E-state index contributed by atoms with van der Waals surface area (Å²) in [5.74, 6) is -0.112. The average Bonchev–Trinajstić information content (AvgIpc) is 2.69. The van der Waals surface area contributed by atoms with Gasteiger partial charge in [-0.1, -0.05) is 51.3 Å². The van der Waals surface area contributed by atoms with E-state index in [2.05, 4.69) is 15.9 Å². The Labute approximate surface area is 191 Å². The summed E-state index contributed by atoms with van der Waals surface area (Å²) < 4.78 is 34.3. The minimum atomic E-state index is -4.12. The molecule has 0 bridgehead atoms. The zero-order chi connectivity index (χ0) is 22.8. The largest absolute Gasteiger partial charge is 0.483 e. The fourth-order valence-corrected chi connectivity index (χ4v) is 5.33. The van der Waals surface area contributed by atoms with E-state index in [9.17, 15) is 13.2 Å². The fourth-order valence-electron chi connectivity index (χ4n) is 3.23. The van der Waals surface area contributed by atoms with Crippen LogP contribution in [0.3, 0.4) is 0 Å². The molecule has 31 heavy (non-hydrogen) atoms. The van der Waals surface area contributed by atoms with Gasteiger partial charge in [-0.15, -0.1) is 0 Å². The van der Waals surface area contributed by atoms with Crippen molar-refractivity contribution in [1.82, 2.24) is 0 Å². The van der Waals surface area contributed by atoms with Crippen LogP contribution in [-0.2, 0) is 14.8 Å². The van der Waals surface area contributed by atoms with Crippen molar-refractivity contribution in [2.45, 2.75) is 32.6 Å². The van der Waals surface area contributed by atoms with Crippen molar-refractivity contribution in [3.63, 3.8) is 0 Å². The van der Waals surface area contributed by atoms with E-state index < -0.39 is 22.5 Å². The van der Waals surface area contributed by atoms with Crippen LogP contribution in [0.25, 0.3) is 0 Å². The van der Waals surface area contributed by atoms with E-state index in [1.807, 2.05) is 39.8 Å². The highest BCUT2D eigenvalue weighted by Crippen LogP contribution is 2.29. The number of halogens is 1. The third-order valence-electron chi connectivity index (χ3n) is 4.82. The lowest BCUT2D eigenvalue weighted by molar-refractivity contribution is -0.119. The van der Waals surface area contributed by atoms with E-state index in [-0.39, 0.29) is 10.6 Å². The van der Waals surface area contributed by atoms with Gasteiger partial charge in [-0.2, -0.15) is 4.31 Å². The second-order valence-electron chi connectivity index (χ2n) is 7.47. The lowest BCUT2D eigenvalue weighted by atomic mass is 10.1. The highest BCUT2D eigenvalue weighted by Gasteiger charge is 2.31. The average molecular weight is 502 g/mol. The molecule has 0 unspecified atom stereocenters. The molecular weight excluding hydrogens is 478 g/mol. The molecule has 162 valence electrons. The number of carbonyl (C=O) groups excluding carboxylic acids is 1. The first-order valence-corrected chi connectivity index (χ1v) is 11.9. The standard InChI is InChI=1S/C24H24BrNO4S/c1-16-5-9-21(10-6-16)26(31(28,29)22-11-7-17(2)8-12-22)23(27)15-30-24-18(3)13-20(25)14-19(24)4/h5-14H,15H2,1-4H3. The van der Waals surface area contributed by atoms with Gasteiger partial charge in [0.05, 0.1) is 10.6 Å². The lowest BCUT2D eigenvalue weighted by Gasteiger charge is -2.23. The van der Waals surface area contributed by atoms with E-state index in [4.69, 9.17) is 4.74 Å². The number of benzene rings is 3. The Bertz CT molecular complexity index is 1180. The molecule has 5 nitrogen and oxygen atoms in total. The van der Waals surface area contributed by atoms with Crippen LogP contribution in [0.4, 0.5) is 5.69 Å². The summed E-state index contributed by atoms with van der Waals surface area (Å²) in [6.07, 6.45) is 0. The van der Waals surface area contributed by atoms with Crippen LogP contribution in [0.5, 0.6) is 5.75 Å². The second-order valence-corrected chi connectivity index (χ2v) is 10.2. The van der Waals surface area contributed by atoms with Crippen molar-refractivity contribution in [1.29, 1.82) is 0 Å². The van der Waals surface area contributed by atoms with Gasteiger partial charge in [-0.3, -0.25) is 4.79 Å². The van der Waals surface area contributed by atoms with Crippen molar-refractivity contribution in [2.75, 3.05) is 10.9 Å². The summed E-state index contributed by atoms with van der Waals surface area (Å²) in [7, 11) is -4.12. The van der Waals surface area contributed by atoms with Gasteiger partial charge in [0.25, 0.3) is 15.9 Å². The van der Waals surface area contributed by atoms with Crippen LogP contribution in [-0.4, -0.2) is 20.9 Å². The molecule has 3 aromatic carbocycles. The van der Waals surface area contributed by atoms with Gasteiger partial charge in [0, 0.05) is 4.47 Å². The third kappa shape index (κ3) is 5.17. The zero-order valence-electron chi connectivity index (χ0n) is 17.8. The number of ether oxygens (including phenoxy) is 1. The molecular formula is C24H24BrNO4S. The summed E-state index contributed by atoms with van der Waals surface area (Å²) in [5.41, 5.74) is 3.85. The van der Waals surface area contributed by atoms with E-state index in [1.54, 1.807) is 36.4 Å². The number of carbonyl (C=O) groups is 1. The van der Waals surface area contributed by atoms with E-state index in [0.717, 1.165) is 31.0 Å². The van der Waals surface area contributed by atoms with Gasteiger partial charge in [-0.05, 0) is 75.2 Å². The molecule has 0 saturated carbocycles. The van der Waals surface area contributed by atoms with Crippen molar-refractivity contribution < 1.29 is 17.9 Å². The number of sulfonamides is 1. The van der Waals surface area contributed by atoms with E-state index in [1.165, 1.54) is 12.1 Å². The molecule has 0 heterocycles. The van der Waals surface area contributed by atoms with Crippen molar-refractivity contribution in [3.8, 4) is 5.75 Å². The normalized spacial score (nSPS) is 11.3. The Morgan fingerprint density at radius 1 is 0.871 bits per heavy atom. The first-order chi connectivity index (χ1) is 14.6. The number of amides is 1. The van der Waals surface area contributed by atoms with E-state index in [0.29, 0.717) is 5.75 Å². The molecule has 0 spiro atoms. The highest BCUT2D eigenvalue weighted by atomic mass is 79.9. The fraction of sp³-hybridized carbons (Fsp3) is 0.208. The summed E-state index contributed by atoms with van der Waals surface area (Å²) in [6, 6.07) is 17.0. The molecule has 0 aliphatic carbocycles. The third-order valence-corrected chi connectivity index (χ3v) is 7.04. The van der Waals surface area contributed by atoms with Crippen LogP contribution in [0.1, 0.15) is 22.3 Å². The van der Waals surface area contributed by atoms with Gasteiger partial charge in [0.2, 0.25) is 0 Å². The summed E-state index contributed by atoms with van der Waals surface area (Å²) >= 11 is 3.43. The number of rotatable bonds is 6.